The van der Waals surface area contributed by atoms with Crippen LogP contribution < -0.4 is 65.5 Å². The molecule has 2 saturated heterocycles. The maximum absolute atomic E-state index is 13.6. The molecule has 8 atom stereocenters. The first kappa shape index (κ1) is 67.5. The molecule has 0 unspecified atom stereocenters. The molecule has 2 aliphatic heterocycles. The fourth-order valence-electron chi connectivity index (χ4n) is 9.28. The monoisotopic (exact) mass is 1100 g/mol. The maximum Gasteiger partial charge on any atom is 0.245 e. The van der Waals surface area contributed by atoms with Crippen molar-refractivity contribution in [3.05, 3.63) is 0 Å². The number of rotatable bonds is 37. The standard InChI is InChI=1S/C52H93N15O11/c1-7-8-19-36(64-50(77)41-23-18-29-67(41)51(78)38(62-35(6)68)21-16-27-58-52(55)56)47(74)57-26-15-11-9-10-12-24-42(69)60-33(4)45(72)61-34(5)46(73)63-37(20-13-14-25-53)48(75)59-31-43(70)66-28-17-22-40(66)49(76)65-39(44(54)71)30-32(2)3/h32-34,36-41H,7-31,53H2,1-6H3,(H2,54,71)(H,57,74)(H,59,75)(H,60,69)(H,61,72)(H,62,68)(H,63,73)(H,64,77)(H,65,76)(H4,55,56,58)/t33-,34-,36-,37-,38-,39-,40-,41-/m0/s1. The van der Waals surface area contributed by atoms with E-state index in [1.807, 2.05) is 20.8 Å². The lowest BCUT2D eigenvalue weighted by Crippen LogP contribution is -2.56. The third-order valence-electron chi connectivity index (χ3n) is 13.6. The number of carbonyl (C=O) groups excluding carboxylic acids is 11. The largest absolute Gasteiger partial charge is 0.370 e. The van der Waals surface area contributed by atoms with Gasteiger partial charge < -0.3 is 75.3 Å². The number of guanidine groups is 1. The van der Waals surface area contributed by atoms with Crippen molar-refractivity contribution < 1.29 is 52.7 Å². The minimum Gasteiger partial charge on any atom is -0.370 e. The van der Waals surface area contributed by atoms with Crippen LogP contribution in [0.5, 0.6) is 0 Å². The lowest BCUT2D eigenvalue weighted by atomic mass is 10.0. The molecule has 2 rings (SSSR count). The van der Waals surface area contributed by atoms with Crippen molar-refractivity contribution in [3.63, 3.8) is 0 Å². The molecule has 0 aromatic heterocycles. The Morgan fingerprint density at radius 1 is 0.577 bits per heavy atom. The molecule has 0 aromatic carbocycles. The first-order chi connectivity index (χ1) is 37.0. The van der Waals surface area contributed by atoms with E-state index < -0.39 is 96.2 Å². The third kappa shape index (κ3) is 25.2. The molecule has 16 N–H and O–H groups in total. The van der Waals surface area contributed by atoms with Gasteiger partial charge in [0.1, 0.15) is 48.3 Å². The van der Waals surface area contributed by atoms with Gasteiger partial charge in [0, 0.05) is 39.5 Å². The van der Waals surface area contributed by atoms with Gasteiger partial charge in [-0.05, 0) is 110 Å². The van der Waals surface area contributed by atoms with E-state index in [0.717, 1.165) is 19.3 Å². The highest BCUT2D eigenvalue weighted by Gasteiger charge is 2.39. The summed E-state index contributed by atoms with van der Waals surface area (Å²) < 4.78 is 0. The quantitative estimate of drug-likeness (QED) is 0.0190. The van der Waals surface area contributed by atoms with Crippen LogP contribution in [-0.2, 0) is 52.7 Å². The first-order valence-electron chi connectivity index (χ1n) is 28.0. The molecule has 0 spiro atoms. The van der Waals surface area contributed by atoms with E-state index in [1.54, 1.807) is 0 Å². The molecule has 0 radical (unpaired) electrons. The van der Waals surface area contributed by atoms with Crippen molar-refractivity contribution in [3.8, 4) is 0 Å². The first-order valence-corrected chi connectivity index (χ1v) is 28.0. The zero-order valence-corrected chi connectivity index (χ0v) is 47.0. The summed E-state index contributed by atoms with van der Waals surface area (Å²) in [6.45, 7) is 11.1. The Hall–Kier alpha value is -6.60. The number of amides is 11. The van der Waals surface area contributed by atoms with Crippen LogP contribution in [0.15, 0.2) is 4.99 Å². The third-order valence-corrected chi connectivity index (χ3v) is 13.6. The van der Waals surface area contributed by atoms with Crippen molar-refractivity contribution in [2.75, 3.05) is 39.3 Å². The molecule has 2 aliphatic rings. The van der Waals surface area contributed by atoms with Crippen LogP contribution in [0.3, 0.4) is 0 Å². The number of hydrogen-bond acceptors (Lipinski definition) is 13. The molecule has 2 heterocycles. The fourth-order valence-corrected chi connectivity index (χ4v) is 9.28. The van der Waals surface area contributed by atoms with Gasteiger partial charge in [0.05, 0.1) is 6.54 Å². The number of nitrogens with one attached hydrogen (secondary N) is 8. The minimum atomic E-state index is -1.10. The summed E-state index contributed by atoms with van der Waals surface area (Å²) in [5.74, 6) is -5.49. The normalized spacial score (nSPS) is 17.3. The van der Waals surface area contributed by atoms with Crippen molar-refractivity contribution in [2.24, 2.45) is 33.8 Å². The highest BCUT2D eigenvalue weighted by Crippen LogP contribution is 2.21. The van der Waals surface area contributed by atoms with Crippen LogP contribution in [0.1, 0.15) is 164 Å². The number of likely N-dealkylation sites (tertiary alicyclic amines) is 2. The van der Waals surface area contributed by atoms with E-state index in [2.05, 4.69) is 47.5 Å². The minimum absolute atomic E-state index is 0.0771. The van der Waals surface area contributed by atoms with Gasteiger partial charge in [-0.2, -0.15) is 0 Å². The van der Waals surface area contributed by atoms with Crippen LogP contribution in [0.4, 0.5) is 0 Å². The summed E-state index contributed by atoms with van der Waals surface area (Å²) in [4.78, 5) is 150. The van der Waals surface area contributed by atoms with Crippen molar-refractivity contribution in [1.82, 2.24) is 52.3 Å². The number of primary amides is 1. The van der Waals surface area contributed by atoms with Crippen molar-refractivity contribution >= 4 is 70.9 Å². The molecular weight excluding hydrogens is 1010 g/mol. The fraction of sp³-hybridized carbons (Fsp3) is 0.769. The van der Waals surface area contributed by atoms with Gasteiger partial charge in [0.15, 0.2) is 5.96 Å². The average molecular weight is 1100 g/mol. The molecule has 2 fully saturated rings. The Bertz CT molecular complexity index is 2040. The van der Waals surface area contributed by atoms with Gasteiger partial charge >= 0.3 is 0 Å². The predicted octanol–water partition coefficient (Wildman–Crippen LogP) is -1.59. The predicted molar refractivity (Wildman–Crippen MR) is 293 cm³/mol. The van der Waals surface area contributed by atoms with Gasteiger partial charge in [-0.3, -0.25) is 57.7 Å². The number of nitrogens with zero attached hydrogens (tertiary/aromatic N) is 3. The van der Waals surface area contributed by atoms with Gasteiger partial charge in [-0.1, -0.05) is 52.9 Å². The molecular formula is C52H93N15O11. The van der Waals surface area contributed by atoms with E-state index in [-0.39, 0.29) is 67.9 Å². The molecule has 26 heteroatoms. The lowest BCUT2D eigenvalue weighted by molar-refractivity contribution is -0.142. The Kier molecular flexibility index (Phi) is 31.6. The van der Waals surface area contributed by atoms with E-state index in [1.165, 1.54) is 30.6 Å². The molecule has 0 aliphatic carbocycles. The van der Waals surface area contributed by atoms with Crippen LogP contribution in [-0.4, -0.2) is 168 Å². The Labute approximate surface area is 459 Å². The van der Waals surface area contributed by atoms with E-state index in [9.17, 15) is 52.7 Å². The topological polar surface area (TPSA) is 407 Å². The van der Waals surface area contributed by atoms with Gasteiger partial charge in [0.2, 0.25) is 65.0 Å². The maximum atomic E-state index is 13.6. The molecule has 442 valence electrons. The van der Waals surface area contributed by atoms with Crippen LogP contribution >= 0.6 is 0 Å². The highest BCUT2D eigenvalue weighted by atomic mass is 16.2. The number of carbonyl (C=O) groups is 11. The Morgan fingerprint density at radius 3 is 1.74 bits per heavy atom. The number of aliphatic imine (C=N–C) groups is 1. The molecule has 0 aromatic rings. The summed E-state index contributed by atoms with van der Waals surface area (Å²) >= 11 is 0. The summed E-state index contributed by atoms with van der Waals surface area (Å²) in [6.07, 6.45) is 9.72. The van der Waals surface area contributed by atoms with Crippen LogP contribution in [0, 0.1) is 5.92 Å². The molecule has 11 amide bonds. The van der Waals surface area contributed by atoms with E-state index in [0.29, 0.717) is 103 Å². The number of unbranched alkanes of at least 4 members (excludes halogenated alkanes) is 6. The highest BCUT2D eigenvalue weighted by molar-refractivity contribution is 5.97. The Balaban J connectivity index is 1.79. The molecule has 26 nitrogen and oxygen atoms in total. The van der Waals surface area contributed by atoms with Crippen LogP contribution in [0.25, 0.3) is 0 Å². The molecule has 0 saturated carbocycles. The van der Waals surface area contributed by atoms with Crippen molar-refractivity contribution in [1.29, 1.82) is 0 Å². The van der Waals surface area contributed by atoms with Crippen molar-refractivity contribution in [2.45, 2.75) is 212 Å². The van der Waals surface area contributed by atoms with Crippen LogP contribution in [0.2, 0.25) is 0 Å². The second-order valence-electron chi connectivity index (χ2n) is 20.8. The second kappa shape index (κ2) is 36.5. The van der Waals surface area contributed by atoms with E-state index >= 15 is 0 Å². The zero-order valence-electron chi connectivity index (χ0n) is 47.0. The van der Waals surface area contributed by atoms with E-state index in [4.69, 9.17) is 22.9 Å². The summed E-state index contributed by atoms with van der Waals surface area (Å²) in [7, 11) is 0. The SMILES string of the molecule is CCCC[C@H](NC(=O)[C@@H]1CCCN1C(=O)[C@H](CCCN=C(N)N)NC(C)=O)C(=O)NCCCCCCCC(=O)N[C@@H](C)C(=O)N[C@@H](C)C(=O)N[C@@H](CCCCN)C(=O)NCC(=O)N1CCC[C@H]1C(=O)N[C@@H](CC(C)C)C(N)=O. The smallest absolute Gasteiger partial charge is 0.245 e. The number of hydrogen-bond donors (Lipinski definition) is 12. The molecule has 0 bridgehead atoms. The second-order valence-corrected chi connectivity index (χ2v) is 20.8. The average Bonchev–Trinajstić information content (AvgIpc) is 4.10. The van der Waals surface area contributed by atoms with Gasteiger partial charge in [-0.25, -0.2) is 0 Å². The Morgan fingerprint density at radius 2 is 1.13 bits per heavy atom. The number of nitrogens with two attached hydrogens (primary N) is 4. The summed E-state index contributed by atoms with van der Waals surface area (Å²) in [5, 5.41) is 21.6. The molecule has 78 heavy (non-hydrogen) atoms. The lowest BCUT2D eigenvalue weighted by Gasteiger charge is -2.29. The van der Waals surface area contributed by atoms with Gasteiger partial charge in [-0.15, -0.1) is 0 Å². The summed E-state index contributed by atoms with van der Waals surface area (Å²) in [5.41, 5.74) is 22.0. The summed E-state index contributed by atoms with van der Waals surface area (Å²) in [6, 6.07) is -7.33. The zero-order chi connectivity index (χ0) is 58.3. The van der Waals surface area contributed by atoms with Gasteiger partial charge in [0.25, 0.3) is 0 Å².